The van der Waals surface area contributed by atoms with Crippen molar-refractivity contribution in [3.63, 3.8) is 0 Å². The summed E-state index contributed by atoms with van der Waals surface area (Å²) in [6.45, 7) is 0. The summed E-state index contributed by atoms with van der Waals surface area (Å²) in [4.78, 5) is 8.21. The van der Waals surface area contributed by atoms with Crippen molar-refractivity contribution in [1.29, 1.82) is 0 Å². The molecule has 1 aliphatic rings. The number of thioether (sulfide) groups is 1. The van der Waals surface area contributed by atoms with E-state index in [0.717, 1.165) is 16.5 Å². The molecule has 0 spiro atoms. The van der Waals surface area contributed by atoms with Crippen molar-refractivity contribution >= 4 is 32.9 Å². The van der Waals surface area contributed by atoms with E-state index in [9.17, 15) is 0 Å². The smallest absolute Gasteiger partial charge is 0.216 e. The van der Waals surface area contributed by atoms with E-state index in [4.69, 9.17) is 10.5 Å². The Bertz CT molecular complexity index is 452. The molecule has 1 aliphatic carbocycles. The Morgan fingerprint density at radius 2 is 2.47 bits per heavy atom. The lowest BCUT2D eigenvalue weighted by molar-refractivity contribution is 0.392. The number of aliphatic imine (C=N–C) groups is 1. The Kier molecular flexibility index (Phi) is 3.93. The van der Waals surface area contributed by atoms with E-state index >= 15 is 0 Å². The van der Waals surface area contributed by atoms with E-state index in [1.54, 1.807) is 32.1 Å². The first-order valence-electron chi connectivity index (χ1n) is 5.24. The quantitative estimate of drug-likeness (QED) is 0.687. The number of hydrogen-bond acceptors (Lipinski definition) is 4. The van der Waals surface area contributed by atoms with Crippen LogP contribution in [-0.4, -0.2) is 29.6 Å². The van der Waals surface area contributed by atoms with Crippen LogP contribution in [-0.2, 0) is 0 Å². The average Bonchev–Trinajstić information content (AvgIpc) is 3.08. The third-order valence-corrected chi connectivity index (χ3v) is 4.34. The number of halogens is 1. The highest BCUT2D eigenvalue weighted by Gasteiger charge is 2.41. The molecule has 0 bridgehead atoms. The van der Waals surface area contributed by atoms with Crippen LogP contribution in [0.1, 0.15) is 17.9 Å². The molecule has 1 fully saturated rings. The van der Waals surface area contributed by atoms with Gasteiger partial charge in [0.2, 0.25) is 5.88 Å². The molecule has 0 amide bonds. The van der Waals surface area contributed by atoms with E-state index in [2.05, 4.69) is 32.0 Å². The molecule has 1 heterocycles. The van der Waals surface area contributed by atoms with Crippen LogP contribution in [0.25, 0.3) is 0 Å². The summed E-state index contributed by atoms with van der Waals surface area (Å²) in [6, 6.07) is 2.07. The van der Waals surface area contributed by atoms with Crippen LogP contribution in [0.15, 0.2) is 21.7 Å². The molecule has 6 heteroatoms. The number of nitrogens with two attached hydrogens (primary N) is 1. The molecule has 4 nitrogen and oxygen atoms in total. The first kappa shape index (κ1) is 12.7. The fraction of sp³-hybridized carbons (Fsp3) is 0.455. The molecule has 2 rings (SSSR count). The Morgan fingerprint density at radius 1 is 1.71 bits per heavy atom. The van der Waals surface area contributed by atoms with E-state index in [1.165, 1.54) is 0 Å². The van der Waals surface area contributed by atoms with E-state index < -0.39 is 0 Å². The fourth-order valence-electron chi connectivity index (χ4n) is 1.72. The van der Waals surface area contributed by atoms with Crippen molar-refractivity contribution < 1.29 is 4.74 Å². The molecular formula is C11H14BrN3OS. The van der Waals surface area contributed by atoms with Crippen molar-refractivity contribution in [2.45, 2.75) is 17.6 Å². The second-order valence-electron chi connectivity index (χ2n) is 3.81. The lowest BCUT2D eigenvalue weighted by atomic mass is 10.2. The number of pyridine rings is 1. The van der Waals surface area contributed by atoms with Gasteiger partial charge in [-0.25, -0.2) is 4.98 Å². The molecular weight excluding hydrogens is 302 g/mol. The van der Waals surface area contributed by atoms with Gasteiger partial charge in [0, 0.05) is 34.4 Å². The first-order chi connectivity index (χ1) is 8.15. The van der Waals surface area contributed by atoms with Gasteiger partial charge >= 0.3 is 0 Å². The minimum absolute atomic E-state index is 0.459. The first-order valence-corrected chi connectivity index (χ1v) is 6.91. The van der Waals surface area contributed by atoms with Crippen LogP contribution in [0.3, 0.4) is 0 Å². The number of rotatable bonds is 3. The summed E-state index contributed by atoms with van der Waals surface area (Å²) in [7, 11) is 3.35. The number of nitrogens with zero attached hydrogens (tertiary/aromatic N) is 2. The summed E-state index contributed by atoms with van der Waals surface area (Å²) in [5.74, 6) is 1.16. The summed E-state index contributed by atoms with van der Waals surface area (Å²) in [5.41, 5.74) is 6.85. The maximum Gasteiger partial charge on any atom is 0.216 e. The van der Waals surface area contributed by atoms with Crippen LogP contribution >= 0.6 is 27.7 Å². The normalized spacial score (nSPS) is 23.6. The average molecular weight is 316 g/mol. The maximum atomic E-state index is 5.71. The van der Waals surface area contributed by atoms with Crippen LogP contribution in [0, 0.1) is 0 Å². The van der Waals surface area contributed by atoms with Gasteiger partial charge in [0.1, 0.15) is 0 Å². The van der Waals surface area contributed by atoms with Crippen LogP contribution in [0.2, 0.25) is 0 Å². The number of ether oxygens (including phenoxy) is 1. The third kappa shape index (κ3) is 2.93. The second-order valence-corrected chi connectivity index (χ2v) is 5.99. The van der Waals surface area contributed by atoms with Crippen molar-refractivity contribution in [3.05, 3.63) is 22.3 Å². The van der Waals surface area contributed by atoms with Crippen LogP contribution in [0.4, 0.5) is 0 Å². The van der Waals surface area contributed by atoms with Gasteiger partial charge in [0.05, 0.1) is 7.11 Å². The zero-order chi connectivity index (χ0) is 12.4. The molecule has 0 aromatic carbocycles. The van der Waals surface area contributed by atoms with Crippen molar-refractivity contribution in [2.24, 2.45) is 10.7 Å². The Hall–Kier alpha value is -0.750. The Labute approximate surface area is 113 Å². The lowest BCUT2D eigenvalue weighted by Gasteiger charge is -2.07. The minimum atomic E-state index is 0.459. The molecule has 2 atom stereocenters. The molecule has 0 radical (unpaired) electrons. The number of amidine groups is 1. The third-order valence-electron chi connectivity index (χ3n) is 2.66. The largest absolute Gasteiger partial charge is 0.481 e. The zero-order valence-electron chi connectivity index (χ0n) is 9.68. The van der Waals surface area contributed by atoms with Crippen molar-refractivity contribution in [1.82, 2.24) is 4.98 Å². The Morgan fingerprint density at radius 3 is 3.12 bits per heavy atom. The standard InChI is InChI=1S/C11H14BrN3OS/c1-14-11(13)17-9-4-7(9)8-3-6(12)5-15-10(8)16-2/h3,5,7,9H,4H2,1-2H3,(H2,13,14). The highest BCUT2D eigenvalue weighted by Crippen LogP contribution is 2.51. The van der Waals surface area contributed by atoms with E-state index in [-0.39, 0.29) is 0 Å². The van der Waals surface area contributed by atoms with Gasteiger partial charge in [-0.05, 0) is 28.4 Å². The minimum Gasteiger partial charge on any atom is -0.481 e. The SMILES string of the molecule is CN=C(N)SC1CC1c1cc(Br)cnc1OC. The summed E-state index contributed by atoms with van der Waals surface area (Å²) >= 11 is 5.06. The predicted octanol–water partition coefficient (Wildman–Crippen LogP) is 2.39. The maximum absolute atomic E-state index is 5.71. The molecule has 2 unspecified atom stereocenters. The number of aromatic nitrogens is 1. The number of methoxy groups -OCH3 is 1. The Balaban J connectivity index is 2.12. The molecule has 0 saturated heterocycles. The van der Waals surface area contributed by atoms with E-state index in [1.807, 2.05) is 0 Å². The predicted molar refractivity (Wildman–Crippen MR) is 74.8 cm³/mol. The molecule has 92 valence electrons. The highest BCUT2D eigenvalue weighted by atomic mass is 79.9. The van der Waals surface area contributed by atoms with Gasteiger partial charge in [0.15, 0.2) is 5.17 Å². The topological polar surface area (TPSA) is 60.5 Å². The summed E-state index contributed by atoms with van der Waals surface area (Å²) < 4.78 is 6.25. The van der Waals surface area contributed by atoms with Crippen LogP contribution in [0.5, 0.6) is 5.88 Å². The van der Waals surface area contributed by atoms with Gasteiger partial charge in [-0.15, -0.1) is 0 Å². The molecule has 1 aromatic rings. The van der Waals surface area contributed by atoms with Crippen molar-refractivity contribution in [2.75, 3.05) is 14.2 Å². The second kappa shape index (κ2) is 5.27. The molecule has 0 aliphatic heterocycles. The van der Waals surface area contributed by atoms with Gasteiger partial charge < -0.3 is 10.5 Å². The zero-order valence-corrected chi connectivity index (χ0v) is 12.1. The van der Waals surface area contributed by atoms with Gasteiger partial charge in [-0.3, -0.25) is 4.99 Å². The van der Waals surface area contributed by atoms with Gasteiger partial charge in [0.25, 0.3) is 0 Å². The monoisotopic (exact) mass is 315 g/mol. The molecule has 1 aromatic heterocycles. The van der Waals surface area contributed by atoms with Gasteiger partial charge in [-0.2, -0.15) is 0 Å². The molecule has 17 heavy (non-hydrogen) atoms. The highest BCUT2D eigenvalue weighted by molar-refractivity contribution is 9.10. The van der Waals surface area contributed by atoms with Gasteiger partial charge in [-0.1, -0.05) is 11.8 Å². The summed E-state index contributed by atoms with van der Waals surface area (Å²) in [6.07, 6.45) is 2.84. The fourth-order valence-corrected chi connectivity index (χ4v) is 3.09. The molecule has 1 saturated carbocycles. The lowest BCUT2D eigenvalue weighted by Crippen LogP contribution is -2.07. The van der Waals surface area contributed by atoms with Crippen molar-refractivity contribution in [3.8, 4) is 5.88 Å². The summed E-state index contributed by atoms with van der Waals surface area (Å²) in [5, 5.41) is 1.13. The van der Waals surface area contributed by atoms with Crippen LogP contribution < -0.4 is 10.5 Å². The number of hydrogen-bond donors (Lipinski definition) is 1. The molecule has 2 N–H and O–H groups in total. The van der Waals surface area contributed by atoms with E-state index in [0.29, 0.717) is 22.2 Å².